The van der Waals surface area contributed by atoms with E-state index in [1.165, 1.54) is 0 Å². The van der Waals surface area contributed by atoms with Crippen molar-refractivity contribution in [3.8, 4) is 0 Å². The van der Waals surface area contributed by atoms with Gasteiger partial charge in [-0.1, -0.05) is 42.6 Å². The molecule has 0 spiro atoms. The molecule has 0 radical (unpaired) electrons. The first-order valence-corrected chi connectivity index (χ1v) is 7.08. The fourth-order valence-electron chi connectivity index (χ4n) is 2.18. The van der Waals surface area contributed by atoms with Crippen molar-refractivity contribution in [3.63, 3.8) is 0 Å². The summed E-state index contributed by atoms with van der Waals surface area (Å²) >= 11 is 3.30. The second kappa shape index (κ2) is 6.78. The van der Waals surface area contributed by atoms with Gasteiger partial charge in [-0.05, 0) is 31.0 Å². The van der Waals surface area contributed by atoms with Crippen molar-refractivity contribution in [2.24, 2.45) is 5.92 Å². The van der Waals surface area contributed by atoms with Gasteiger partial charge in [-0.3, -0.25) is 0 Å². The molecule has 18 heavy (non-hydrogen) atoms. The van der Waals surface area contributed by atoms with Crippen LogP contribution in [0.25, 0.3) is 0 Å². The molecular weight excluding hydrogens is 294 g/mol. The summed E-state index contributed by atoms with van der Waals surface area (Å²) in [6.07, 6.45) is 2.17. The van der Waals surface area contributed by atoms with Gasteiger partial charge >= 0.3 is 5.97 Å². The lowest BCUT2D eigenvalue weighted by Crippen LogP contribution is -2.26. The van der Waals surface area contributed by atoms with E-state index in [1.54, 1.807) is 6.07 Å². The highest BCUT2D eigenvalue weighted by Gasteiger charge is 2.17. The third kappa shape index (κ3) is 3.73. The Morgan fingerprint density at radius 1 is 1.39 bits per heavy atom. The zero-order valence-electron chi connectivity index (χ0n) is 11.0. The molecule has 1 aromatic rings. The molecule has 0 saturated heterocycles. The van der Waals surface area contributed by atoms with Crippen LogP contribution in [0.15, 0.2) is 22.7 Å². The molecule has 0 saturated carbocycles. The highest BCUT2D eigenvalue weighted by Crippen LogP contribution is 2.24. The number of rotatable bonds is 6. The standard InChI is InChI=1S/C14H20BrNO2/c1-4-10(5-2)9(3)16-13-7-6-11(15)8-12(13)14(17)18/h6-10,16H,4-5H2,1-3H3,(H,17,18). The number of aromatic carboxylic acids is 1. The van der Waals surface area contributed by atoms with E-state index in [9.17, 15) is 9.90 Å². The van der Waals surface area contributed by atoms with Crippen LogP contribution >= 0.6 is 15.9 Å². The van der Waals surface area contributed by atoms with Gasteiger partial charge < -0.3 is 10.4 Å². The summed E-state index contributed by atoms with van der Waals surface area (Å²) < 4.78 is 0.778. The number of nitrogens with one attached hydrogen (secondary N) is 1. The summed E-state index contributed by atoms with van der Waals surface area (Å²) in [6, 6.07) is 5.56. The largest absolute Gasteiger partial charge is 0.478 e. The molecule has 1 rings (SSSR count). The van der Waals surface area contributed by atoms with Crippen LogP contribution in [-0.2, 0) is 0 Å². The Hall–Kier alpha value is -1.03. The van der Waals surface area contributed by atoms with E-state index in [-0.39, 0.29) is 6.04 Å². The number of carboxylic acid groups (broad SMARTS) is 1. The predicted octanol–water partition coefficient (Wildman–Crippen LogP) is 4.38. The molecule has 1 atom stereocenters. The Balaban J connectivity index is 2.93. The average molecular weight is 314 g/mol. The van der Waals surface area contributed by atoms with Gasteiger partial charge in [0.1, 0.15) is 0 Å². The molecule has 0 aliphatic rings. The summed E-state index contributed by atoms with van der Waals surface area (Å²) in [4.78, 5) is 11.2. The van der Waals surface area contributed by atoms with Gasteiger partial charge in [0.2, 0.25) is 0 Å². The number of halogens is 1. The zero-order valence-corrected chi connectivity index (χ0v) is 12.6. The van der Waals surface area contributed by atoms with Gasteiger partial charge in [-0.15, -0.1) is 0 Å². The van der Waals surface area contributed by atoms with Crippen molar-refractivity contribution in [2.45, 2.75) is 39.7 Å². The summed E-state index contributed by atoms with van der Waals surface area (Å²) in [7, 11) is 0. The van der Waals surface area contributed by atoms with Crippen LogP contribution in [0, 0.1) is 5.92 Å². The minimum atomic E-state index is -0.907. The first-order valence-electron chi connectivity index (χ1n) is 6.28. The predicted molar refractivity (Wildman–Crippen MR) is 78.3 cm³/mol. The van der Waals surface area contributed by atoms with E-state index in [4.69, 9.17) is 0 Å². The average Bonchev–Trinajstić information content (AvgIpc) is 2.32. The molecule has 0 aromatic heterocycles. The molecule has 0 aliphatic heterocycles. The van der Waals surface area contributed by atoms with Crippen LogP contribution in [-0.4, -0.2) is 17.1 Å². The van der Waals surface area contributed by atoms with E-state index >= 15 is 0 Å². The summed E-state index contributed by atoms with van der Waals surface area (Å²) in [5, 5.41) is 12.5. The summed E-state index contributed by atoms with van der Waals surface area (Å²) in [5.74, 6) is -0.356. The number of hydrogen-bond acceptors (Lipinski definition) is 2. The quantitative estimate of drug-likeness (QED) is 0.819. The maximum Gasteiger partial charge on any atom is 0.337 e. The Labute approximate surface area is 117 Å². The van der Waals surface area contributed by atoms with Crippen molar-refractivity contribution in [1.29, 1.82) is 0 Å². The third-order valence-electron chi connectivity index (χ3n) is 3.35. The van der Waals surface area contributed by atoms with Gasteiger partial charge in [-0.25, -0.2) is 4.79 Å². The lowest BCUT2D eigenvalue weighted by Gasteiger charge is -2.24. The second-order valence-corrected chi connectivity index (χ2v) is 5.42. The zero-order chi connectivity index (χ0) is 13.7. The molecule has 3 nitrogen and oxygen atoms in total. The fraction of sp³-hybridized carbons (Fsp3) is 0.500. The molecule has 0 amide bonds. The number of carbonyl (C=O) groups is 1. The molecule has 0 aliphatic carbocycles. The lowest BCUT2D eigenvalue weighted by atomic mass is 9.95. The van der Waals surface area contributed by atoms with Crippen LogP contribution in [0.2, 0.25) is 0 Å². The molecule has 0 heterocycles. The molecule has 0 bridgehead atoms. The molecular formula is C14H20BrNO2. The van der Waals surface area contributed by atoms with Crippen molar-refractivity contribution in [1.82, 2.24) is 0 Å². The van der Waals surface area contributed by atoms with Crippen molar-refractivity contribution >= 4 is 27.6 Å². The smallest absolute Gasteiger partial charge is 0.337 e. The number of anilines is 1. The van der Waals surface area contributed by atoms with Crippen LogP contribution in [0.4, 0.5) is 5.69 Å². The maximum absolute atomic E-state index is 11.2. The van der Waals surface area contributed by atoms with Crippen LogP contribution in [0.3, 0.4) is 0 Å². The van der Waals surface area contributed by atoms with E-state index < -0.39 is 5.97 Å². The summed E-state index contributed by atoms with van der Waals surface area (Å²) in [5.41, 5.74) is 0.993. The van der Waals surface area contributed by atoms with Gasteiger partial charge in [0.05, 0.1) is 5.56 Å². The van der Waals surface area contributed by atoms with Gasteiger partial charge in [-0.2, -0.15) is 0 Å². The molecule has 1 unspecified atom stereocenters. The molecule has 2 N–H and O–H groups in total. The second-order valence-electron chi connectivity index (χ2n) is 4.50. The first kappa shape index (κ1) is 15.0. The molecule has 4 heteroatoms. The van der Waals surface area contributed by atoms with Gasteiger partial charge in [0, 0.05) is 16.2 Å². The Morgan fingerprint density at radius 3 is 2.50 bits per heavy atom. The van der Waals surface area contributed by atoms with Crippen LogP contribution in [0.1, 0.15) is 44.0 Å². The normalized spacial score (nSPS) is 12.5. The van der Waals surface area contributed by atoms with Gasteiger partial charge in [0.15, 0.2) is 0 Å². The molecule has 1 aromatic carbocycles. The van der Waals surface area contributed by atoms with Crippen molar-refractivity contribution in [2.75, 3.05) is 5.32 Å². The fourth-order valence-corrected chi connectivity index (χ4v) is 2.54. The number of carboxylic acids is 1. The van der Waals surface area contributed by atoms with Gasteiger partial charge in [0.25, 0.3) is 0 Å². The van der Waals surface area contributed by atoms with Crippen molar-refractivity contribution in [3.05, 3.63) is 28.2 Å². The Kier molecular flexibility index (Phi) is 5.66. The molecule has 100 valence electrons. The highest BCUT2D eigenvalue weighted by molar-refractivity contribution is 9.10. The Morgan fingerprint density at radius 2 is 2.00 bits per heavy atom. The van der Waals surface area contributed by atoms with E-state index in [2.05, 4.69) is 42.0 Å². The number of hydrogen-bond donors (Lipinski definition) is 2. The maximum atomic E-state index is 11.2. The minimum absolute atomic E-state index is 0.263. The first-order chi connectivity index (χ1) is 8.49. The monoisotopic (exact) mass is 313 g/mol. The molecule has 0 fully saturated rings. The SMILES string of the molecule is CCC(CC)C(C)Nc1ccc(Br)cc1C(=O)O. The minimum Gasteiger partial charge on any atom is -0.478 e. The highest BCUT2D eigenvalue weighted by atomic mass is 79.9. The lowest BCUT2D eigenvalue weighted by molar-refractivity contribution is 0.0698. The van der Waals surface area contributed by atoms with Crippen LogP contribution < -0.4 is 5.32 Å². The van der Waals surface area contributed by atoms with Crippen molar-refractivity contribution < 1.29 is 9.90 Å². The Bertz CT molecular complexity index is 416. The van der Waals surface area contributed by atoms with E-state index in [1.807, 2.05) is 12.1 Å². The van der Waals surface area contributed by atoms with E-state index in [0.717, 1.165) is 17.3 Å². The summed E-state index contributed by atoms with van der Waals surface area (Å²) in [6.45, 7) is 6.42. The van der Waals surface area contributed by atoms with Crippen LogP contribution in [0.5, 0.6) is 0 Å². The number of benzene rings is 1. The third-order valence-corrected chi connectivity index (χ3v) is 3.84. The van der Waals surface area contributed by atoms with E-state index in [0.29, 0.717) is 17.2 Å². The topological polar surface area (TPSA) is 49.3 Å².